The van der Waals surface area contributed by atoms with Crippen molar-refractivity contribution in [3.63, 3.8) is 0 Å². The second-order valence-electron chi connectivity index (χ2n) is 3.17. The summed E-state index contributed by atoms with van der Waals surface area (Å²) in [6.07, 6.45) is -0.898. The van der Waals surface area contributed by atoms with E-state index in [1.807, 2.05) is 6.92 Å². The zero-order valence-electron chi connectivity index (χ0n) is 9.12. The quantitative estimate of drug-likeness (QED) is 0.621. The monoisotopic (exact) mass is 291 g/mol. The summed E-state index contributed by atoms with van der Waals surface area (Å²) in [6, 6.07) is 0. The number of hydrogen-bond acceptors (Lipinski definition) is 3. The Morgan fingerprint density at radius 2 is 1.73 bits per heavy atom. The van der Waals surface area contributed by atoms with Crippen LogP contribution < -0.4 is 0 Å². The van der Waals surface area contributed by atoms with Crippen LogP contribution in [0.1, 0.15) is 34.1 Å². The number of aliphatic hydroxyl groups excluding tert-OH is 1. The molecule has 0 aliphatic heterocycles. The Kier molecular flexibility index (Phi) is 20.4. The average Bonchev–Trinajstić information content (AvgIpc) is 1.84. The first-order valence-electron chi connectivity index (χ1n) is 3.99. The molecule has 0 heterocycles. The molecule has 0 amide bonds. The van der Waals surface area contributed by atoms with Crippen molar-refractivity contribution in [2.75, 3.05) is 0 Å². The van der Waals surface area contributed by atoms with Gasteiger partial charge in [-0.05, 0) is 13.3 Å². The summed E-state index contributed by atoms with van der Waals surface area (Å²) in [7, 11) is 0. The molecule has 0 spiro atoms. The molecule has 0 saturated carbocycles. The van der Waals surface area contributed by atoms with Gasteiger partial charge in [0.2, 0.25) is 0 Å². The second kappa shape index (κ2) is 12.5. The van der Waals surface area contributed by atoms with Crippen LogP contribution in [0.4, 0.5) is 0 Å². The van der Waals surface area contributed by atoms with Crippen molar-refractivity contribution in [1.29, 1.82) is 0 Å². The Balaban J connectivity index is -0.000000202. The standard InChI is InChI=1S/C9H15O3.CH4.CH3.Y/c1-6(2)4-8(11)5-9(12)7(3)10;;;/h6-7,10H,1,4-5H2,2-3H3;1H4;1H3;/q-1;;-1;. The van der Waals surface area contributed by atoms with Crippen LogP contribution in [0, 0.1) is 20.3 Å². The van der Waals surface area contributed by atoms with Crippen LogP contribution in [0.5, 0.6) is 0 Å². The number of carbonyl (C=O) groups excluding carboxylic acids is 2. The molecule has 0 bridgehead atoms. The van der Waals surface area contributed by atoms with Crippen molar-refractivity contribution < 1.29 is 47.4 Å². The number of ketones is 2. The molecule has 0 aromatic carbocycles. The van der Waals surface area contributed by atoms with Crippen molar-refractivity contribution in [2.24, 2.45) is 5.92 Å². The van der Waals surface area contributed by atoms with E-state index >= 15 is 0 Å². The number of carbonyl (C=O) groups is 2. The summed E-state index contributed by atoms with van der Waals surface area (Å²) in [4.78, 5) is 21.8. The smallest absolute Gasteiger partial charge is 0.168 e. The van der Waals surface area contributed by atoms with Gasteiger partial charge in [0.15, 0.2) is 5.78 Å². The molecule has 0 aliphatic carbocycles. The fraction of sp³-hybridized carbons (Fsp3) is 0.636. The van der Waals surface area contributed by atoms with Gasteiger partial charge in [0.25, 0.3) is 0 Å². The Bertz CT molecular complexity index is 177. The summed E-state index contributed by atoms with van der Waals surface area (Å²) in [5.74, 6) is -0.539. The molecule has 0 saturated heterocycles. The molecule has 0 aromatic heterocycles. The maximum atomic E-state index is 11.0. The van der Waals surface area contributed by atoms with Gasteiger partial charge in [-0.2, -0.15) is 5.92 Å². The van der Waals surface area contributed by atoms with Crippen LogP contribution in [0.15, 0.2) is 0 Å². The van der Waals surface area contributed by atoms with E-state index in [0.717, 1.165) is 0 Å². The molecule has 2 atom stereocenters. The minimum Gasteiger partial charge on any atom is -0.386 e. The summed E-state index contributed by atoms with van der Waals surface area (Å²) < 4.78 is 0. The Morgan fingerprint density at radius 1 is 1.33 bits per heavy atom. The van der Waals surface area contributed by atoms with Crippen LogP contribution in [0.2, 0.25) is 0 Å². The molecule has 0 aliphatic rings. The topological polar surface area (TPSA) is 54.4 Å². The minimum absolute atomic E-state index is 0. The van der Waals surface area contributed by atoms with Gasteiger partial charge in [-0.3, -0.25) is 9.59 Å². The largest absolute Gasteiger partial charge is 0.386 e. The van der Waals surface area contributed by atoms with Gasteiger partial charge in [0.05, 0.1) is 6.42 Å². The van der Waals surface area contributed by atoms with Gasteiger partial charge in [-0.15, -0.1) is 0 Å². The summed E-state index contributed by atoms with van der Waals surface area (Å²) in [5, 5.41) is 8.79. The first kappa shape index (κ1) is 24.6. The molecule has 1 N–H and O–H groups in total. The van der Waals surface area contributed by atoms with Crippen LogP contribution in [0.25, 0.3) is 0 Å². The molecule has 2 unspecified atom stereocenters. The zero-order valence-corrected chi connectivity index (χ0v) is 12.0. The molecule has 0 fully saturated rings. The third-order valence-electron chi connectivity index (χ3n) is 1.41. The molecular formula is C11H22O3Y-2. The van der Waals surface area contributed by atoms with Crippen molar-refractivity contribution in [3.05, 3.63) is 14.4 Å². The third kappa shape index (κ3) is 14.4. The fourth-order valence-corrected chi connectivity index (χ4v) is 0.803. The Morgan fingerprint density at radius 3 is 2.00 bits per heavy atom. The number of hydrogen-bond donors (Lipinski definition) is 1. The van der Waals surface area contributed by atoms with Gasteiger partial charge in [-0.1, -0.05) is 14.4 Å². The summed E-state index contributed by atoms with van der Waals surface area (Å²) >= 11 is 0. The molecule has 1 radical (unpaired) electrons. The third-order valence-corrected chi connectivity index (χ3v) is 1.41. The molecule has 89 valence electrons. The first-order valence-corrected chi connectivity index (χ1v) is 3.99. The van der Waals surface area contributed by atoms with Crippen molar-refractivity contribution >= 4 is 11.6 Å². The maximum absolute atomic E-state index is 11.0. The maximum Gasteiger partial charge on any atom is 0.168 e. The molecule has 0 aromatic rings. The van der Waals surface area contributed by atoms with Crippen molar-refractivity contribution in [2.45, 2.75) is 40.2 Å². The fourth-order valence-electron chi connectivity index (χ4n) is 0.803. The van der Waals surface area contributed by atoms with E-state index in [1.54, 1.807) is 0 Å². The Hall–Kier alpha value is 0.404. The molecule has 3 nitrogen and oxygen atoms in total. The summed E-state index contributed by atoms with van der Waals surface area (Å²) in [6.45, 7) is 6.81. The summed E-state index contributed by atoms with van der Waals surface area (Å²) in [5.41, 5.74) is 0. The van der Waals surface area contributed by atoms with Crippen LogP contribution in [-0.2, 0) is 42.3 Å². The number of aliphatic hydroxyl groups is 1. The molecule has 4 heteroatoms. The van der Waals surface area contributed by atoms with Crippen LogP contribution >= 0.6 is 0 Å². The van der Waals surface area contributed by atoms with E-state index in [4.69, 9.17) is 5.11 Å². The van der Waals surface area contributed by atoms with Crippen LogP contribution in [-0.4, -0.2) is 22.8 Å². The molecule has 15 heavy (non-hydrogen) atoms. The van der Waals surface area contributed by atoms with E-state index in [-0.39, 0.29) is 65.7 Å². The zero-order chi connectivity index (χ0) is 9.72. The van der Waals surface area contributed by atoms with Crippen molar-refractivity contribution in [3.8, 4) is 0 Å². The van der Waals surface area contributed by atoms with Gasteiger partial charge in [0, 0.05) is 32.7 Å². The predicted molar refractivity (Wildman–Crippen MR) is 58.6 cm³/mol. The van der Waals surface area contributed by atoms with Gasteiger partial charge in [0.1, 0.15) is 11.9 Å². The molecular weight excluding hydrogens is 269 g/mol. The predicted octanol–water partition coefficient (Wildman–Crippen LogP) is 1.84. The minimum atomic E-state index is -1.03. The van der Waals surface area contributed by atoms with E-state index in [2.05, 4.69) is 6.92 Å². The number of Topliss-reactive ketones (excluding diaryl/α,β-unsaturated/α-hetero) is 2. The van der Waals surface area contributed by atoms with E-state index in [0.29, 0.717) is 6.42 Å². The number of rotatable bonds is 5. The first-order chi connectivity index (χ1) is 5.43. The van der Waals surface area contributed by atoms with Gasteiger partial charge >= 0.3 is 0 Å². The van der Waals surface area contributed by atoms with E-state index < -0.39 is 11.9 Å². The van der Waals surface area contributed by atoms with Gasteiger partial charge in [-0.25, -0.2) is 0 Å². The SMILES string of the molecule is C.[CH2-]C(C)CC(=O)CC(=O)C(C)O.[CH3-].[Y]. The van der Waals surface area contributed by atoms with E-state index in [1.165, 1.54) is 6.92 Å². The van der Waals surface area contributed by atoms with Crippen molar-refractivity contribution in [1.82, 2.24) is 0 Å². The molecule has 0 rings (SSSR count). The second-order valence-corrected chi connectivity index (χ2v) is 3.17. The Labute approximate surface area is 119 Å². The van der Waals surface area contributed by atoms with Crippen LogP contribution in [0.3, 0.4) is 0 Å². The van der Waals surface area contributed by atoms with E-state index in [9.17, 15) is 9.59 Å². The van der Waals surface area contributed by atoms with Gasteiger partial charge < -0.3 is 19.5 Å². The average molecular weight is 291 g/mol. The normalized spacial score (nSPS) is 12.3.